The van der Waals surface area contributed by atoms with Crippen molar-refractivity contribution in [3.63, 3.8) is 0 Å². The van der Waals surface area contributed by atoms with Gasteiger partial charge in [-0.05, 0) is 46.5 Å². The van der Waals surface area contributed by atoms with Gasteiger partial charge in [0.25, 0.3) is 0 Å². The number of terminal acetylenes is 2. The summed E-state index contributed by atoms with van der Waals surface area (Å²) < 4.78 is 0. The molecule has 0 saturated carbocycles. The first-order valence-corrected chi connectivity index (χ1v) is 8.25. The molecule has 0 spiro atoms. The predicted molar refractivity (Wildman–Crippen MR) is 104 cm³/mol. The summed E-state index contributed by atoms with van der Waals surface area (Å²) in [6, 6.07) is 18.1. The van der Waals surface area contributed by atoms with Crippen molar-refractivity contribution in [3.05, 3.63) is 94.0 Å². The Balaban J connectivity index is 2.02. The van der Waals surface area contributed by atoms with Gasteiger partial charge in [-0.3, -0.25) is 0 Å². The molecule has 0 aliphatic rings. The highest BCUT2D eigenvalue weighted by molar-refractivity contribution is 5.55. The summed E-state index contributed by atoms with van der Waals surface area (Å²) in [6.45, 7) is 0. The predicted octanol–water partition coefficient (Wildman–Crippen LogP) is 4.24. The average molecular weight is 338 g/mol. The number of benzene rings is 3. The van der Waals surface area contributed by atoms with Crippen molar-refractivity contribution in [1.82, 2.24) is 0 Å². The van der Waals surface area contributed by atoms with Crippen LogP contribution >= 0.6 is 0 Å². The molecule has 2 nitrogen and oxygen atoms in total. The van der Waals surface area contributed by atoms with Crippen LogP contribution in [0.4, 0.5) is 0 Å². The Morgan fingerprint density at radius 2 is 1.00 bits per heavy atom. The summed E-state index contributed by atoms with van der Waals surface area (Å²) in [5.74, 6) is 5.89. The minimum absolute atomic E-state index is 0.232. The summed E-state index contributed by atoms with van der Waals surface area (Å²) in [5.41, 5.74) is 4.84. The van der Waals surface area contributed by atoms with E-state index in [1.807, 2.05) is 36.4 Å². The summed E-state index contributed by atoms with van der Waals surface area (Å²) in [6.07, 6.45) is 12.4. The van der Waals surface area contributed by atoms with E-state index >= 15 is 0 Å². The largest absolute Gasteiger partial charge is 0.508 e. The molecule has 0 aromatic heterocycles. The van der Waals surface area contributed by atoms with Crippen molar-refractivity contribution in [3.8, 4) is 36.2 Å². The van der Waals surface area contributed by atoms with E-state index in [4.69, 9.17) is 12.8 Å². The second-order valence-electron chi connectivity index (χ2n) is 6.07. The van der Waals surface area contributed by atoms with Gasteiger partial charge in [0.1, 0.15) is 11.5 Å². The Morgan fingerprint density at radius 3 is 1.35 bits per heavy atom. The molecule has 2 heteroatoms. The highest BCUT2D eigenvalue weighted by atomic mass is 16.3. The van der Waals surface area contributed by atoms with Crippen LogP contribution in [0.2, 0.25) is 0 Å². The monoisotopic (exact) mass is 338 g/mol. The van der Waals surface area contributed by atoms with Crippen LogP contribution in [0.5, 0.6) is 11.5 Å². The van der Waals surface area contributed by atoms with Crippen molar-refractivity contribution in [2.24, 2.45) is 0 Å². The highest BCUT2D eigenvalue weighted by Gasteiger charge is 2.12. The fraction of sp³-hybridized carbons (Fsp3) is 0.0833. The Kier molecular flexibility index (Phi) is 4.97. The van der Waals surface area contributed by atoms with E-state index in [1.54, 1.807) is 24.3 Å². The van der Waals surface area contributed by atoms with E-state index in [2.05, 4.69) is 11.8 Å². The molecule has 0 atom stereocenters. The number of rotatable bonds is 4. The van der Waals surface area contributed by atoms with E-state index in [1.165, 1.54) is 0 Å². The van der Waals surface area contributed by atoms with Gasteiger partial charge in [0, 0.05) is 24.0 Å². The van der Waals surface area contributed by atoms with Gasteiger partial charge in [-0.25, -0.2) is 0 Å². The Labute approximate surface area is 153 Å². The van der Waals surface area contributed by atoms with Crippen LogP contribution < -0.4 is 0 Å². The zero-order chi connectivity index (χ0) is 18.5. The fourth-order valence-electron chi connectivity index (χ4n) is 2.98. The number of phenols is 2. The molecule has 3 rings (SSSR count). The number of para-hydroxylation sites is 2. The molecule has 2 N–H and O–H groups in total. The molecule has 26 heavy (non-hydrogen) atoms. The molecule has 0 aliphatic heterocycles. The number of hydrogen-bond donors (Lipinski definition) is 2. The summed E-state index contributed by atoms with van der Waals surface area (Å²) >= 11 is 0. The van der Waals surface area contributed by atoms with Crippen LogP contribution in [0, 0.1) is 24.7 Å². The topological polar surface area (TPSA) is 40.5 Å². The lowest BCUT2D eigenvalue weighted by Gasteiger charge is -2.13. The molecule has 0 unspecified atom stereocenters. The minimum atomic E-state index is 0.232. The standard InChI is InChI=1S/C24H18O2/c1-3-17-13-22(16-20-10-6-8-12-24(20)26)18(4-2)14-21(17)15-19-9-5-7-11-23(19)25/h1-2,5-14,25-26H,15-16H2. The van der Waals surface area contributed by atoms with Crippen LogP contribution in [0.25, 0.3) is 0 Å². The first-order valence-electron chi connectivity index (χ1n) is 8.25. The minimum Gasteiger partial charge on any atom is -0.508 e. The fourth-order valence-corrected chi connectivity index (χ4v) is 2.98. The summed E-state index contributed by atoms with van der Waals surface area (Å²) in [5, 5.41) is 20.0. The van der Waals surface area contributed by atoms with Crippen LogP contribution in [0.3, 0.4) is 0 Å². The van der Waals surface area contributed by atoms with Crippen LogP contribution in [-0.4, -0.2) is 10.2 Å². The molecule has 126 valence electrons. The summed E-state index contributed by atoms with van der Waals surface area (Å²) in [7, 11) is 0. The third-order valence-corrected chi connectivity index (χ3v) is 4.39. The van der Waals surface area contributed by atoms with Gasteiger partial charge >= 0.3 is 0 Å². The first kappa shape index (κ1) is 17.2. The molecule has 0 amide bonds. The number of phenolic OH excluding ortho intramolecular Hbond substituents is 2. The third-order valence-electron chi connectivity index (χ3n) is 4.39. The summed E-state index contributed by atoms with van der Waals surface area (Å²) in [4.78, 5) is 0. The SMILES string of the molecule is C#Cc1cc(Cc2ccccc2O)c(C#C)cc1Cc1ccccc1O. The van der Waals surface area contributed by atoms with Gasteiger partial charge in [-0.2, -0.15) is 0 Å². The van der Waals surface area contributed by atoms with E-state index < -0.39 is 0 Å². The van der Waals surface area contributed by atoms with Crippen LogP contribution in [-0.2, 0) is 12.8 Å². The van der Waals surface area contributed by atoms with Crippen molar-refractivity contribution >= 4 is 0 Å². The molecule has 0 saturated heterocycles. The van der Waals surface area contributed by atoms with Crippen molar-refractivity contribution in [2.45, 2.75) is 12.8 Å². The lowest BCUT2D eigenvalue weighted by molar-refractivity contribution is 0.469. The maximum atomic E-state index is 10.0. The van der Waals surface area contributed by atoms with Crippen molar-refractivity contribution < 1.29 is 10.2 Å². The maximum absolute atomic E-state index is 10.0. The highest BCUT2D eigenvalue weighted by Crippen LogP contribution is 2.27. The molecular weight excluding hydrogens is 320 g/mol. The van der Waals surface area contributed by atoms with E-state index in [9.17, 15) is 10.2 Å². The number of hydrogen-bond acceptors (Lipinski definition) is 2. The van der Waals surface area contributed by atoms with Crippen molar-refractivity contribution in [2.75, 3.05) is 0 Å². The lowest BCUT2D eigenvalue weighted by atomic mass is 9.91. The van der Waals surface area contributed by atoms with Gasteiger partial charge in [-0.1, -0.05) is 48.2 Å². The Bertz CT molecular complexity index is 948. The Hall–Kier alpha value is -3.62. The lowest BCUT2D eigenvalue weighted by Crippen LogP contribution is -2.00. The van der Waals surface area contributed by atoms with Gasteiger partial charge in [0.2, 0.25) is 0 Å². The molecule has 0 bridgehead atoms. The molecule has 0 aliphatic carbocycles. The third kappa shape index (κ3) is 3.56. The zero-order valence-corrected chi connectivity index (χ0v) is 14.2. The second-order valence-corrected chi connectivity index (χ2v) is 6.07. The van der Waals surface area contributed by atoms with Crippen LogP contribution in [0.1, 0.15) is 33.4 Å². The molecule has 0 heterocycles. The average Bonchev–Trinajstić information content (AvgIpc) is 2.66. The molecule has 3 aromatic rings. The van der Waals surface area contributed by atoms with E-state index in [-0.39, 0.29) is 11.5 Å². The molecule has 3 aromatic carbocycles. The normalized spacial score (nSPS) is 10.1. The quantitative estimate of drug-likeness (QED) is 0.699. The zero-order valence-electron chi connectivity index (χ0n) is 14.2. The van der Waals surface area contributed by atoms with E-state index in [0.29, 0.717) is 12.8 Å². The maximum Gasteiger partial charge on any atom is 0.119 e. The van der Waals surface area contributed by atoms with Crippen molar-refractivity contribution in [1.29, 1.82) is 0 Å². The second kappa shape index (κ2) is 7.51. The smallest absolute Gasteiger partial charge is 0.119 e. The van der Waals surface area contributed by atoms with Gasteiger partial charge in [0.15, 0.2) is 0 Å². The van der Waals surface area contributed by atoms with Crippen LogP contribution in [0.15, 0.2) is 60.7 Å². The van der Waals surface area contributed by atoms with Gasteiger partial charge < -0.3 is 10.2 Å². The van der Waals surface area contributed by atoms with E-state index in [0.717, 1.165) is 33.4 Å². The molecule has 0 fully saturated rings. The Morgan fingerprint density at radius 1 is 0.615 bits per heavy atom. The molecular formula is C24H18O2. The van der Waals surface area contributed by atoms with Gasteiger partial charge in [0.05, 0.1) is 0 Å². The number of aromatic hydroxyl groups is 2. The van der Waals surface area contributed by atoms with Gasteiger partial charge in [-0.15, -0.1) is 12.8 Å². The molecule has 0 radical (unpaired) electrons. The first-order chi connectivity index (χ1) is 12.6.